The maximum atomic E-state index is 12.3. The third-order valence-electron chi connectivity index (χ3n) is 4.22. The zero-order chi connectivity index (χ0) is 18.1. The van der Waals surface area contributed by atoms with E-state index in [-0.39, 0.29) is 0 Å². The summed E-state index contributed by atoms with van der Waals surface area (Å²) in [6, 6.07) is 22.7. The van der Waals surface area contributed by atoms with Gasteiger partial charge in [0.15, 0.2) is 0 Å². The third-order valence-corrected chi connectivity index (χ3v) is 4.52. The number of esters is 1. The van der Waals surface area contributed by atoms with E-state index in [9.17, 15) is 4.79 Å². The van der Waals surface area contributed by atoms with Crippen LogP contribution in [0.2, 0.25) is 5.02 Å². The van der Waals surface area contributed by atoms with E-state index in [1.165, 1.54) is 7.11 Å². The predicted octanol–water partition coefficient (Wildman–Crippen LogP) is 5.13. The van der Waals surface area contributed by atoms with Gasteiger partial charge in [0.1, 0.15) is 11.3 Å². The molecule has 1 aromatic heterocycles. The molecule has 0 spiro atoms. The van der Waals surface area contributed by atoms with E-state index < -0.39 is 5.97 Å². The molecule has 0 N–H and O–H groups in total. The van der Waals surface area contributed by atoms with Gasteiger partial charge in [0.05, 0.1) is 28.9 Å². The summed E-state index contributed by atoms with van der Waals surface area (Å²) in [6.45, 7) is 0. The van der Waals surface area contributed by atoms with Crippen molar-refractivity contribution in [3.63, 3.8) is 0 Å². The fourth-order valence-electron chi connectivity index (χ4n) is 3.04. The second kappa shape index (κ2) is 6.65. The Morgan fingerprint density at radius 3 is 2.46 bits per heavy atom. The number of para-hydroxylation sites is 2. The van der Waals surface area contributed by atoms with Crippen molar-refractivity contribution in [3.05, 3.63) is 83.4 Å². The highest BCUT2D eigenvalue weighted by molar-refractivity contribution is 6.35. The van der Waals surface area contributed by atoms with E-state index in [1.807, 2.05) is 71.3 Å². The summed E-state index contributed by atoms with van der Waals surface area (Å²) in [5.41, 5.74) is 3.61. The van der Waals surface area contributed by atoms with Gasteiger partial charge in [0.25, 0.3) is 0 Å². The van der Waals surface area contributed by atoms with Gasteiger partial charge in [0, 0.05) is 5.56 Å². The van der Waals surface area contributed by atoms with E-state index in [1.54, 1.807) is 6.07 Å². The first-order valence-corrected chi connectivity index (χ1v) is 8.48. The van der Waals surface area contributed by atoms with Gasteiger partial charge in [-0.3, -0.25) is 4.57 Å². The van der Waals surface area contributed by atoms with E-state index in [2.05, 4.69) is 0 Å². The number of carbonyl (C=O) groups excluding carboxylic acids is 1. The molecule has 0 bridgehead atoms. The normalized spacial score (nSPS) is 10.8. The van der Waals surface area contributed by atoms with Crippen molar-refractivity contribution in [2.45, 2.75) is 0 Å². The zero-order valence-corrected chi connectivity index (χ0v) is 14.8. The van der Waals surface area contributed by atoms with Crippen LogP contribution in [0.5, 0.6) is 0 Å². The molecular formula is C21H15ClN2O2. The van der Waals surface area contributed by atoms with Crippen LogP contribution in [0.4, 0.5) is 0 Å². The summed E-state index contributed by atoms with van der Waals surface area (Å²) in [7, 11) is 1.38. The lowest BCUT2D eigenvalue weighted by Crippen LogP contribution is -2.08. The lowest BCUT2D eigenvalue weighted by atomic mass is 10.1. The van der Waals surface area contributed by atoms with Gasteiger partial charge < -0.3 is 4.74 Å². The average Bonchev–Trinajstić information content (AvgIpc) is 3.09. The minimum atomic E-state index is -0.400. The first-order valence-electron chi connectivity index (χ1n) is 8.11. The van der Waals surface area contributed by atoms with Crippen molar-refractivity contribution in [3.8, 4) is 17.1 Å². The Balaban J connectivity index is 2.10. The highest BCUT2D eigenvalue weighted by atomic mass is 35.5. The largest absolute Gasteiger partial charge is 0.465 e. The number of benzene rings is 3. The molecule has 3 aromatic carbocycles. The number of ether oxygens (including phenoxy) is 1. The molecule has 1 heterocycles. The maximum absolute atomic E-state index is 12.3. The van der Waals surface area contributed by atoms with Gasteiger partial charge in [-0.05, 0) is 24.3 Å². The van der Waals surface area contributed by atoms with Crippen molar-refractivity contribution in [2.75, 3.05) is 7.11 Å². The van der Waals surface area contributed by atoms with Crippen LogP contribution in [0.25, 0.3) is 28.1 Å². The number of imidazole rings is 1. The van der Waals surface area contributed by atoms with Crippen molar-refractivity contribution >= 4 is 28.6 Å². The molecule has 26 heavy (non-hydrogen) atoms. The van der Waals surface area contributed by atoms with Crippen LogP contribution in [0.1, 0.15) is 10.4 Å². The van der Waals surface area contributed by atoms with E-state index in [0.29, 0.717) is 27.6 Å². The fraction of sp³-hybridized carbons (Fsp3) is 0.0476. The summed E-state index contributed by atoms with van der Waals surface area (Å²) < 4.78 is 6.90. The summed E-state index contributed by atoms with van der Waals surface area (Å²) in [5.74, 6) is 0.313. The van der Waals surface area contributed by atoms with Crippen LogP contribution in [0.3, 0.4) is 0 Å². The van der Waals surface area contributed by atoms with Crippen molar-refractivity contribution in [1.29, 1.82) is 0 Å². The number of fused-ring (bicyclic) bond motifs is 1. The molecule has 4 aromatic rings. The molecule has 0 aliphatic rings. The van der Waals surface area contributed by atoms with Gasteiger partial charge in [-0.15, -0.1) is 0 Å². The van der Waals surface area contributed by atoms with Crippen LogP contribution < -0.4 is 0 Å². The molecule has 0 unspecified atom stereocenters. The van der Waals surface area contributed by atoms with Crippen LogP contribution in [-0.2, 0) is 4.74 Å². The molecule has 0 aliphatic heterocycles. The summed E-state index contributed by atoms with van der Waals surface area (Å²) >= 11 is 6.38. The lowest BCUT2D eigenvalue weighted by Gasteiger charge is -2.13. The molecule has 4 rings (SSSR count). The first kappa shape index (κ1) is 16.4. The molecule has 0 radical (unpaired) electrons. The molecule has 0 amide bonds. The number of carbonyl (C=O) groups is 1. The summed E-state index contributed by atoms with van der Waals surface area (Å²) in [6.07, 6.45) is 0. The molecule has 5 heteroatoms. The average molecular weight is 363 g/mol. The molecule has 4 nitrogen and oxygen atoms in total. The standard InChI is InChI=1S/C21H15ClN2O2/c1-26-21(25)15-10-5-6-12-17(15)24-18-13-7-11-16(22)19(18)23-20(24)14-8-3-2-4-9-14/h2-13H,1H3. The summed E-state index contributed by atoms with van der Waals surface area (Å²) in [4.78, 5) is 17.1. The molecule has 0 saturated heterocycles. The van der Waals surface area contributed by atoms with Gasteiger partial charge in [-0.25, -0.2) is 9.78 Å². The number of methoxy groups -OCH3 is 1. The van der Waals surface area contributed by atoms with Crippen molar-refractivity contribution < 1.29 is 9.53 Å². The first-order chi connectivity index (χ1) is 12.7. The Kier molecular flexibility index (Phi) is 4.19. The fourth-order valence-corrected chi connectivity index (χ4v) is 3.25. The number of aromatic nitrogens is 2. The highest BCUT2D eigenvalue weighted by Crippen LogP contribution is 2.33. The number of rotatable bonds is 3. The number of nitrogens with zero attached hydrogens (tertiary/aromatic N) is 2. The zero-order valence-electron chi connectivity index (χ0n) is 14.0. The monoisotopic (exact) mass is 362 g/mol. The van der Waals surface area contributed by atoms with Gasteiger partial charge in [0.2, 0.25) is 0 Å². The van der Waals surface area contributed by atoms with E-state index >= 15 is 0 Å². The van der Waals surface area contributed by atoms with E-state index in [0.717, 1.165) is 11.1 Å². The second-order valence-corrected chi connectivity index (χ2v) is 6.16. The Morgan fingerprint density at radius 2 is 1.69 bits per heavy atom. The van der Waals surface area contributed by atoms with Crippen LogP contribution in [-0.4, -0.2) is 22.6 Å². The van der Waals surface area contributed by atoms with E-state index in [4.69, 9.17) is 21.3 Å². The number of hydrogen-bond acceptors (Lipinski definition) is 3. The molecule has 0 fully saturated rings. The van der Waals surface area contributed by atoms with Gasteiger partial charge >= 0.3 is 5.97 Å². The molecular weight excluding hydrogens is 348 g/mol. The Morgan fingerprint density at radius 1 is 0.962 bits per heavy atom. The predicted molar refractivity (Wildman–Crippen MR) is 103 cm³/mol. The molecule has 0 aliphatic carbocycles. The van der Waals surface area contributed by atoms with Gasteiger partial charge in [-0.2, -0.15) is 0 Å². The quantitative estimate of drug-likeness (QED) is 0.474. The molecule has 0 atom stereocenters. The number of hydrogen-bond donors (Lipinski definition) is 0. The Bertz CT molecular complexity index is 1100. The molecule has 128 valence electrons. The Labute approximate surface area is 155 Å². The summed E-state index contributed by atoms with van der Waals surface area (Å²) in [5, 5.41) is 0.564. The minimum absolute atomic E-state index is 0.400. The third kappa shape index (κ3) is 2.65. The van der Waals surface area contributed by atoms with Crippen molar-refractivity contribution in [2.24, 2.45) is 0 Å². The molecule has 0 saturated carbocycles. The maximum Gasteiger partial charge on any atom is 0.339 e. The number of halogens is 1. The highest BCUT2D eigenvalue weighted by Gasteiger charge is 2.20. The van der Waals surface area contributed by atoms with Crippen LogP contribution in [0.15, 0.2) is 72.8 Å². The van der Waals surface area contributed by atoms with Crippen LogP contribution >= 0.6 is 11.6 Å². The smallest absolute Gasteiger partial charge is 0.339 e. The SMILES string of the molecule is COC(=O)c1ccccc1-n1c(-c2ccccc2)nc2c(Cl)cccc21. The van der Waals surface area contributed by atoms with Crippen molar-refractivity contribution in [1.82, 2.24) is 9.55 Å². The second-order valence-electron chi connectivity index (χ2n) is 5.75. The van der Waals surface area contributed by atoms with Crippen LogP contribution in [0, 0.1) is 0 Å². The minimum Gasteiger partial charge on any atom is -0.465 e. The topological polar surface area (TPSA) is 44.1 Å². The lowest BCUT2D eigenvalue weighted by molar-refractivity contribution is 0.0601. The van der Waals surface area contributed by atoms with Gasteiger partial charge in [-0.1, -0.05) is 60.1 Å². The Hall–Kier alpha value is -3.11.